The van der Waals surface area contributed by atoms with Gasteiger partial charge in [-0.05, 0) is 13.3 Å². The average Bonchev–Trinajstić information content (AvgIpc) is 2.39. The zero-order valence-electron chi connectivity index (χ0n) is 11.1. The highest BCUT2D eigenvalue weighted by Gasteiger charge is 2.34. The van der Waals surface area contributed by atoms with E-state index >= 15 is 0 Å². The molecule has 0 saturated heterocycles. The second-order valence-electron chi connectivity index (χ2n) is 4.51. The molecule has 0 aromatic heterocycles. The van der Waals surface area contributed by atoms with Gasteiger partial charge in [0.1, 0.15) is 5.41 Å². The van der Waals surface area contributed by atoms with Gasteiger partial charge in [-0.2, -0.15) is 0 Å². The summed E-state index contributed by atoms with van der Waals surface area (Å²) in [5.41, 5.74) is -1.36. The van der Waals surface area contributed by atoms with Crippen molar-refractivity contribution < 1.29 is 24.5 Å². The molecule has 0 aromatic rings. The molecule has 1 amide bonds. The molecular formula is C12H23NO5. The van der Waals surface area contributed by atoms with Crippen LogP contribution in [0.15, 0.2) is 0 Å². The number of unbranched alkanes of at least 4 members (excludes halogenated alkanes) is 2. The third-order valence-electron chi connectivity index (χ3n) is 2.63. The van der Waals surface area contributed by atoms with E-state index < -0.39 is 24.6 Å². The standard InChI is InChI=1S/C12H23NO5/c1-3-4-5-6-13-10(16)7-18-11(17)12(2,8-14)9-15/h14-15H,3-9H2,1-2H3,(H,13,16). The first-order chi connectivity index (χ1) is 8.50. The molecular weight excluding hydrogens is 238 g/mol. The molecule has 6 heteroatoms. The van der Waals surface area contributed by atoms with E-state index in [0.29, 0.717) is 6.54 Å². The van der Waals surface area contributed by atoms with Crippen LogP contribution in [-0.4, -0.2) is 48.5 Å². The number of carbonyl (C=O) groups is 2. The summed E-state index contributed by atoms with van der Waals surface area (Å²) in [7, 11) is 0. The molecule has 0 bridgehead atoms. The maximum atomic E-state index is 11.5. The van der Waals surface area contributed by atoms with Crippen molar-refractivity contribution >= 4 is 11.9 Å². The normalized spacial score (nSPS) is 11.1. The molecule has 0 spiro atoms. The SMILES string of the molecule is CCCCCNC(=O)COC(=O)C(C)(CO)CO. The highest BCUT2D eigenvalue weighted by Crippen LogP contribution is 2.16. The van der Waals surface area contributed by atoms with E-state index in [4.69, 9.17) is 14.9 Å². The van der Waals surface area contributed by atoms with Crippen LogP contribution in [0.4, 0.5) is 0 Å². The van der Waals surface area contributed by atoms with E-state index in [-0.39, 0.29) is 12.5 Å². The molecule has 0 aliphatic rings. The Bertz CT molecular complexity index is 263. The van der Waals surface area contributed by atoms with E-state index in [1.807, 2.05) is 0 Å². The van der Waals surface area contributed by atoms with Gasteiger partial charge in [0.2, 0.25) is 0 Å². The topological polar surface area (TPSA) is 95.9 Å². The highest BCUT2D eigenvalue weighted by atomic mass is 16.5. The van der Waals surface area contributed by atoms with Crippen LogP contribution in [0.1, 0.15) is 33.1 Å². The summed E-state index contributed by atoms with van der Waals surface area (Å²) >= 11 is 0. The number of hydrogen-bond donors (Lipinski definition) is 3. The van der Waals surface area contributed by atoms with Gasteiger partial charge in [0.05, 0.1) is 13.2 Å². The smallest absolute Gasteiger partial charge is 0.317 e. The molecule has 0 saturated carbocycles. The van der Waals surface area contributed by atoms with Gasteiger partial charge >= 0.3 is 5.97 Å². The van der Waals surface area contributed by atoms with Gasteiger partial charge in [-0.15, -0.1) is 0 Å². The van der Waals surface area contributed by atoms with Crippen LogP contribution in [0.2, 0.25) is 0 Å². The fourth-order valence-corrected chi connectivity index (χ4v) is 1.14. The highest BCUT2D eigenvalue weighted by molar-refractivity contribution is 5.82. The van der Waals surface area contributed by atoms with E-state index in [2.05, 4.69) is 12.2 Å². The Morgan fingerprint density at radius 1 is 1.22 bits per heavy atom. The van der Waals surface area contributed by atoms with Crippen molar-refractivity contribution in [1.82, 2.24) is 5.32 Å². The van der Waals surface area contributed by atoms with Gasteiger partial charge in [0.25, 0.3) is 5.91 Å². The summed E-state index contributed by atoms with van der Waals surface area (Å²) in [6, 6.07) is 0. The zero-order valence-corrected chi connectivity index (χ0v) is 11.1. The number of hydrogen-bond acceptors (Lipinski definition) is 5. The van der Waals surface area contributed by atoms with Gasteiger partial charge in [0, 0.05) is 6.54 Å². The quantitative estimate of drug-likeness (QED) is 0.395. The summed E-state index contributed by atoms with van der Waals surface area (Å²) in [5, 5.41) is 20.5. The van der Waals surface area contributed by atoms with E-state index in [9.17, 15) is 9.59 Å². The minimum absolute atomic E-state index is 0.377. The first-order valence-corrected chi connectivity index (χ1v) is 6.15. The lowest BCUT2D eigenvalue weighted by atomic mass is 9.93. The number of amides is 1. The maximum Gasteiger partial charge on any atom is 0.317 e. The molecule has 0 fully saturated rings. The van der Waals surface area contributed by atoms with Crippen molar-refractivity contribution in [3.05, 3.63) is 0 Å². The van der Waals surface area contributed by atoms with Crippen molar-refractivity contribution in [1.29, 1.82) is 0 Å². The molecule has 18 heavy (non-hydrogen) atoms. The zero-order chi connectivity index (χ0) is 14.0. The van der Waals surface area contributed by atoms with Crippen molar-refractivity contribution in [3.8, 4) is 0 Å². The van der Waals surface area contributed by atoms with E-state index in [0.717, 1.165) is 19.3 Å². The number of esters is 1. The Hall–Kier alpha value is -1.14. The molecule has 0 aliphatic carbocycles. The van der Waals surface area contributed by atoms with Gasteiger partial charge < -0.3 is 20.3 Å². The van der Waals surface area contributed by atoms with Crippen molar-refractivity contribution in [3.63, 3.8) is 0 Å². The minimum Gasteiger partial charge on any atom is -0.455 e. The lowest BCUT2D eigenvalue weighted by Gasteiger charge is -2.21. The van der Waals surface area contributed by atoms with Crippen LogP contribution in [0, 0.1) is 5.41 Å². The predicted octanol–water partition coefficient (Wildman–Crippen LogP) is -0.173. The van der Waals surface area contributed by atoms with Crippen LogP contribution in [0.25, 0.3) is 0 Å². The fourth-order valence-electron chi connectivity index (χ4n) is 1.14. The Balaban J connectivity index is 3.88. The summed E-state index contributed by atoms with van der Waals surface area (Å²) in [6.45, 7) is 2.55. The number of carbonyl (C=O) groups excluding carboxylic acids is 2. The summed E-state index contributed by atoms with van der Waals surface area (Å²) in [4.78, 5) is 22.8. The molecule has 6 nitrogen and oxygen atoms in total. The molecule has 0 rings (SSSR count). The fraction of sp³-hybridized carbons (Fsp3) is 0.833. The largest absolute Gasteiger partial charge is 0.455 e. The molecule has 0 unspecified atom stereocenters. The number of nitrogens with one attached hydrogen (secondary N) is 1. The van der Waals surface area contributed by atoms with Crippen molar-refractivity contribution in [2.24, 2.45) is 5.41 Å². The molecule has 3 N–H and O–H groups in total. The van der Waals surface area contributed by atoms with Gasteiger partial charge in [-0.1, -0.05) is 19.8 Å². The van der Waals surface area contributed by atoms with Crippen LogP contribution < -0.4 is 5.32 Å². The molecule has 106 valence electrons. The van der Waals surface area contributed by atoms with Gasteiger partial charge in [-0.25, -0.2) is 0 Å². The second-order valence-corrected chi connectivity index (χ2v) is 4.51. The van der Waals surface area contributed by atoms with Crippen LogP contribution in [-0.2, 0) is 14.3 Å². The lowest BCUT2D eigenvalue weighted by molar-refractivity contribution is -0.162. The summed E-state index contributed by atoms with van der Waals surface area (Å²) in [6.07, 6.45) is 2.99. The Morgan fingerprint density at radius 3 is 2.33 bits per heavy atom. The summed E-state index contributed by atoms with van der Waals surface area (Å²) < 4.78 is 4.74. The third kappa shape index (κ3) is 5.97. The molecule has 0 aliphatic heterocycles. The number of rotatable bonds is 9. The van der Waals surface area contributed by atoms with Crippen LogP contribution in [0.5, 0.6) is 0 Å². The lowest BCUT2D eigenvalue weighted by Crippen LogP contribution is -2.39. The molecule has 0 aromatic carbocycles. The Labute approximate surface area is 107 Å². The second kappa shape index (κ2) is 8.88. The van der Waals surface area contributed by atoms with Crippen LogP contribution >= 0.6 is 0 Å². The van der Waals surface area contributed by atoms with E-state index in [1.165, 1.54) is 6.92 Å². The third-order valence-corrected chi connectivity index (χ3v) is 2.63. The average molecular weight is 261 g/mol. The summed E-state index contributed by atoms with van der Waals surface area (Å²) in [5.74, 6) is -1.16. The number of ether oxygens (including phenoxy) is 1. The first kappa shape index (κ1) is 16.9. The van der Waals surface area contributed by atoms with Gasteiger partial charge in [0.15, 0.2) is 6.61 Å². The molecule has 0 atom stereocenters. The number of aliphatic hydroxyl groups is 2. The molecule has 0 radical (unpaired) electrons. The van der Waals surface area contributed by atoms with E-state index in [1.54, 1.807) is 0 Å². The first-order valence-electron chi connectivity index (χ1n) is 6.15. The minimum atomic E-state index is -1.36. The molecule has 0 heterocycles. The van der Waals surface area contributed by atoms with Crippen molar-refractivity contribution in [2.75, 3.05) is 26.4 Å². The maximum absolute atomic E-state index is 11.5. The Kier molecular flexibility index (Phi) is 8.32. The Morgan fingerprint density at radius 2 is 1.83 bits per heavy atom. The van der Waals surface area contributed by atoms with Crippen molar-refractivity contribution in [2.45, 2.75) is 33.1 Å². The monoisotopic (exact) mass is 261 g/mol. The number of aliphatic hydroxyl groups excluding tert-OH is 2. The van der Waals surface area contributed by atoms with Crippen LogP contribution in [0.3, 0.4) is 0 Å². The predicted molar refractivity (Wildman–Crippen MR) is 65.8 cm³/mol. The van der Waals surface area contributed by atoms with Gasteiger partial charge in [-0.3, -0.25) is 9.59 Å².